The van der Waals surface area contributed by atoms with Crippen LogP contribution in [0, 0.1) is 0 Å². The Morgan fingerprint density at radius 1 is 1.25 bits per heavy atom. The third-order valence-corrected chi connectivity index (χ3v) is 3.31. The maximum Gasteiger partial charge on any atom is 0.416 e. The van der Waals surface area contributed by atoms with Gasteiger partial charge < -0.3 is 19.0 Å². The first-order valence-electron chi connectivity index (χ1n) is 6.65. The first-order valence-corrected chi connectivity index (χ1v) is 6.65. The molecule has 0 saturated carbocycles. The second kappa shape index (κ2) is 5.73. The summed E-state index contributed by atoms with van der Waals surface area (Å²) in [6.07, 6.45) is -6.89. The molecule has 0 saturated heterocycles. The topological polar surface area (TPSA) is 99.1 Å². The smallest absolute Gasteiger partial charge is 0.416 e. The summed E-state index contributed by atoms with van der Waals surface area (Å²) in [5.41, 5.74) is -1.31. The molecule has 2 aromatic rings. The quantitative estimate of drug-likeness (QED) is 0.737. The van der Waals surface area contributed by atoms with Crippen LogP contribution in [-0.2, 0) is 0 Å². The number of carbonyl (C=O) groups is 1. The van der Waals surface area contributed by atoms with Crippen LogP contribution < -0.4 is 10.2 Å². The van der Waals surface area contributed by atoms with E-state index in [1.807, 2.05) is 0 Å². The van der Waals surface area contributed by atoms with Gasteiger partial charge in [0.05, 0.1) is 11.8 Å². The lowest BCUT2D eigenvalue weighted by Crippen LogP contribution is -2.39. The molecule has 3 rings (SSSR count). The zero-order chi connectivity index (χ0) is 17.5. The Morgan fingerprint density at radius 2 is 2.00 bits per heavy atom. The van der Waals surface area contributed by atoms with Crippen LogP contribution in [-0.4, -0.2) is 34.8 Å². The number of halogens is 3. The largest absolute Gasteiger partial charge is 0.449 e. The van der Waals surface area contributed by atoms with Crippen molar-refractivity contribution in [2.45, 2.75) is 18.6 Å². The average molecular weight is 344 g/mol. The second-order valence-corrected chi connectivity index (χ2v) is 4.88. The van der Waals surface area contributed by atoms with Crippen LogP contribution in [0.15, 0.2) is 51.0 Å². The lowest BCUT2D eigenvalue weighted by atomic mass is 10.2. The third kappa shape index (κ3) is 2.88. The summed E-state index contributed by atoms with van der Waals surface area (Å²) in [6.45, 7) is 0. The number of aliphatic hydroxyl groups is 2. The van der Waals surface area contributed by atoms with E-state index in [4.69, 9.17) is 8.83 Å². The van der Waals surface area contributed by atoms with Crippen LogP contribution in [0.2, 0.25) is 0 Å². The van der Waals surface area contributed by atoms with Gasteiger partial charge in [0.1, 0.15) is 0 Å². The number of anilines is 2. The van der Waals surface area contributed by atoms with E-state index in [-0.39, 0.29) is 17.5 Å². The standard InChI is InChI=1S/C14H11F3N2O5/c15-14(16,17)7-6-10(20)19(13(7)22)11-4-3-8(24-11)12(21)18-9-2-1-5-23-9/h1-6,10,13,20,22H,(H,18,21). The molecule has 1 aliphatic heterocycles. The van der Waals surface area contributed by atoms with Crippen LogP contribution in [0.4, 0.5) is 24.9 Å². The van der Waals surface area contributed by atoms with E-state index in [9.17, 15) is 28.2 Å². The highest BCUT2D eigenvalue weighted by Gasteiger charge is 2.47. The van der Waals surface area contributed by atoms with Crippen LogP contribution >= 0.6 is 0 Å². The predicted molar refractivity (Wildman–Crippen MR) is 74.0 cm³/mol. The van der Waals surface area contributed by atoms with Crippen molar-refractivity contribution in [1.82, 2.24) is 0 Å². The Balaban J connectivity index is 1.78. The first kappa shape index (κ1) is 16.1. The van der Waals surface area contributed by atoms with Crippen LogP contribution in [0.25, 0.3) is 0 Å². The monoisotopic (exact) mass is 344 g/mol. The fourth-order valence-corrected chi connectivity index (χ4v) is 2.22. The molecule has 0 radical (unpaired) electrons. The molecule has 2 aromatic heterocycles. The van der Waals surface area contributed by atoms with Crippen LogP contribution in [0.3, 0.4) is 0 Å². The van der Waals surface area contributed by atoms with E-state index in [0.717, 1.165) is 6.07 Å². The van der Waals surface area contributed by atoms with Gasteiger partial charge in [-0.15, -0.1) is 0 Å². The molecule has 2 atom stereocenters. The third-order valence-electron chi connectivity index (χ3n) is 3.31. The van der Waals surface area contributed by atoms with E-state index < -0.39 is 30.1 Å². The van der Waals surface area contributed by atoms with Gasteiger partial charge in [0.2, 0.25) is 5.88 Å². The van der Waals surface area contributed by atoms with Gasteiger partial charge in [-0.1, -0.05) is 0 Å². The Hall–Kier alpha value is -2.72. The molecule has 1 aliphatic rings. The molecular weight excluding hydrogens is 333 g/mol. The van der Waals surface area contributed by atoms with E-state index in [1.54, 1.807) is 6.07 Å². The van der Waals surface area contributed by atoms with Crippen molar-refractivity contribution < 1.29 is 37.0 Å². The minimum Gasteiger partial charge on any atom is -0.449 e. The van der Waals surface area contributed by atoms with E-state index in [2.05, 4.69) is 5.32 Å². The van der Waals surface area contributed by atoms with Crippen molar-refractivity contribution in [1.29, 1.82) is 0 Å². The molecule has 128 valence electrons. The summed E-state index contributed by atoms with van der Waals surface area (Å²) in [5.74, 6) is -1.08. The molecular formula is C14H11F3N2O5. The molecule has 0 spiro atoms. The average Bonchev–Trinajstić information content (AvgIpc) is 3.19. The van der Waals surface area contributed by atoms with Crippen molar-refractivity contribution >= 4 is 17.7 Å². The number of alkyl halides is 3. The number of hydrogen-bond acceptors (Lipinski definition) is 6. The number of nitrogens with one attached hydrogen (secondary N) is 1. The summed E-state index contributed by atoms with van der Waals surface area (Å²) in [5, 5.41) is 21.8. The van der Waals surface area contributed by atoms with Gasteiger partial charge in [-0.25, -0.2) is 0 Å². The van der Waals surface area contributed by atoms with E-state index in [1.165, 1.54) is 18.4 Å². The van der Waals surface area contributed by atoms with Crippen LogP contribution in [0.5, 0.6) is 0 Å². The molecule has 0 fully saturated rings. The minimum absolute atomic E-state index is 0.153. The molecule has 10 heteroatoms. The van der Waals surface area contributed by atoms with Gasteiger partial charge >= 0.3 is 6.18 Å². The number of carbonyl (C=O) groups excluding carboxylic acids is 1. The number of amides is 1. The SMILES string of the molecule is O=C(Nc1ccco1)c1ccc(N2C(O)C=C(C(F)(F)F)C2O)o1. The maximum absolute atomic E-state index is 12.7. The molecule has 3 heterocycles. The van der Waals surface area contributed by atoms with Crippen LogP contribution in [0.1, 0.15) is 10.6 Å². The minimum atomic E-state index is -4.80. The number of hydrogen-bond donors (Lipinski definition) is 3. The highest BCUT2D eigenvalue weighted by molar-refractivity contribution is 6.01. The molecule has 2 unspecified atom stereocenters. The normalized spacial score (nSPS) is 21.0. The Bertz CT molecular complexity index is 766. The summed E-state index contributed by atoms with van der Waals surface area (Å²) in [7, 11) is 0. The molecule has 7 nitrogen and oxygen atoms in total. The molecule has 3 N–H and O–H groups in total. The van der Waals surface area contributed by atoms with E-state index >= 15 is 0 Å². The lowest BCUT2D eigenvalue weighted by Gasteiger charge is -2.25. The van der Waals surface area contributed by atoms with Gasteiger partial charge in [-0.2, -0.15) is 13.2 Å². The summed E-state index contributed by atoms with van der Waals surface area (Å²) in [4.78, 5) is 12.5. The van der Waals surface area contributed by atoms with E-state index in [0.29, 0.717) is 11.0 Å². The lowest BCUT2D eigenvalue weighted by molar-refractivity contribution is -0.103. The van der Waals surface area contributed by atoms with Crippen molar-refractivity contribution in [3.8, 4) is 0 Å². The van der Waals surface area contributed by atoms with Crippen molar-refractivity contribution in [3.63, 3.8) is 0 Å². The zero-order valence-corrected chi connectivity index (χ0v) is 11.8. The Morgan fingerprint density at radius 3 is 2.58 bits per heavy atom. The number of aliphatic hydroxyl groups excluding tert-OH is 2. The molecule has 0 aromatic carbocycles. The van der Waals surface area contributed by atoms with Gasteiger partial charge in [-0.3, -0.25) is 15.0 Å². The van der Waals surface area contributed by atoms with Gasteiger partial charge in [0, 0.05) is 12.1 Å². The number of nitrogens with zero attached hydrogens (tertiary/aromatic N) is 1. The van der Waals surface area contributed by atoms with Crippen molar-refractivity contribution in [3.05, 3.63) is 47.9 Å². The molecule has 24 heavy (non-hydrogen) atoms. The van der Waals surface area contributed by atoms with Crippen molar-refractivity contribution in [2.75, 3.05) is 10.2 Å². The molecule has 0 aliphatic carbocycles. The maximum atomic E-state index is 12.7. The van der Waals surface area contributed by atoms with Gasteiger partial charge in [-0.05, 0) is 18.2 Å². The summed E-state index contributed by atoms with van der Waals surface area (Å²) >= 11 is 0. The first-order chi connectivity index (χ1) is 11.3. The molecule has 1 amide bonds. The predicted octanol–water partition coefficient (Wildman–Crippen LogP) is 2.07. The molecule has 0 bridgehead atoms. The fourth-order valence-electron chi connectivity index (χ4n) is 2.22. The summed E-state index contributed by atoms with van der Waals surface area (Å²) < 4.78 is 48.3. The number of rotatable bonds is 3. The highest BCUT2D eigenvalue weighted by Crippen LogP contribution is 2.37. The van der Waals surface area contributed by atoms with Gasteiger partial charge in [0.25, 0.3) is 5.91 Å². The zero-order valence-electron chi connectivity index (χ0n) is 11.8. The number of furan rings is 2. The van der Waals surface area contributed by atoms with Gasteiger partial charge in [0.15, 0.2) is 24.1 Å². The fraction of sp³-hybridized carbons (Fsp3) is 0.214. The Labute approximate surface area is 132 Å². The summed E-state index contributed by atoms with van der Waals surface area (Å²) in [6, 6.07) is 5.38. The second-order valence-electron chi connectivity index (χ2n) is 4.88. The highest BCUT2D eigenvalue weighted by atomic mass is 19.4. The van der Waals surface area contributed by atoms with Crippen molar-refractivity contribution in [2.24, 2.45) is 0 Å². The Kier molecular flexibility index (Phi) is 3.85.